The van der Waals surface area contributed by atoms with Gasteiger partial charge in [0.1, 0.15) is 5.82 Å². The summed E-state index contributed by atoms with van der Waals surface area (Å²) < 4.78 is 13.5. The van der Waals surface area contributed by atoms with Crippen LogP contribution in [0, 0.1) is 6.92 Å². The van der Waals surface area contributed by atoms with Crippen LogP contribution >= 0.6 is 0 Å². The molecule has 1 aromatic heterocycles. The number of imidazole rings is 1. The van der Waals surface area contributed by atoms with Crippen LogP contribution < -0.4 is 5.32 Å². The zero-order chi connectivity index (χ0) is 15.2. The van der Waals surface area contributed by atoms with E-state index < -0.39 is 10.8 Å². The summed E-state index contributed by atoms with van der Waals surface area (Å²) in [7, 11) is -0.746. The number of aromatic nitrogens is 2. The van der Waals surface area contributed by atoms with Gasteiger partial charge in [-0.2, -0.15) is 0 Å². The maximum atomic E-state index is 11.3. The fourth-order valence-corrected chi connectivity index (χ4v) is 2.68. The van der Waals surface area contributed by atoms with Crippen LogP contribution in [0.25, 0.3) is 5.69 Å². The molecule has 0 saturated heterocycles. The Morgan fingerprint density at radius 3 is 2.71 bits per heavy atom. The van der Waals surface area contributed by atoms with Crippen LogP contribution in [-0.2, 0) is 17.3 Å². The third kappa shape index (κ3) is 4.25. The van der Waals surface area contributed by atoms with Crippen molar-refractivity contribution in [2.75, 3.05) is 12.8 Å². The molecule has 0 fully saturated rings. The normalized spacial score (nSPS) is 14.0. The van der Waals surface area contributed by atoms with Crippen molar-refractivity contribution < 1.29 is 4.21 Å². The van der Waals surface area contributed by atoms with Crippen LogP contribution in [0.4, 0.5) is 0 Å². The van der Waals surface area contributed by atoms with Crippen LogP contribution in [0.2, 0.25) is 0 Å². The maximum Gasteiger partial charge on any atom is 0.110 e. The molecule has 0 saturated carbocycles. The molecular formula is C16H23N3OS. The Hall–Kier alpha value is -1.46. The summed E-state index contributed by atoms with van der Waals surface area (Å²) >= 11 is 0. The molecule has 2 atom stereocenters. The van der Waals surface area contributed by atoms with Crippen LogP contribution in [0.1, 0.15) is 24.9 Å². The Labute approximate surface area is 129 Å². The predicted molar refractivity (Wildman–Crippen MR) is 88.2 cm³/mol. The van der Waals surface area contributed by atoms with Crippen molar-refractivity contribution >= 4 is 10.8 Å². The fraction of sp³-hybridized carbons (Fsp3) is 0.438. The van der Waals surface area contributed by atoms with Crippen molar-refractivity contribution in [1.82, 2.24) is 14.9 Å². The minimum absolute atomic E-state index is 0.235. The second-order valence-electron chi connectivity index (χ2n) is 5.24. The van der Waals surface area contributed by atoms with Crippen molar-refractivity contribution in [3.05, 3.63) is 48.0 Å². The zero-order valence-corrected chi connectivity index (χ0v) is 13.7. The molecule has 0 aliphatic rings. The van der Waals surface area contributed by atoms with E-state index in [1.807, 2.05) is 38.2 Å². The lowest BCUT2D eigenvalue weighted by Crippen LogP contribution is -2.22. The molecule has 0 aliphatic heterocycles. The van der Waals surface area contributed by atoms with Crippen LogP contribution in [0.15, 0.2) is 36.5 Å². The number of aryl methyl sites for hydroxylation is 1. The molecule has 1 aromatic carbocycles. The van der Waals surface area contributed by atoms with Crippen molar-refractivity contribution in [3.8, 4) is 5.69 Å². The Morgan fingerprint density at radius 2 is 2.05 bits per heavy atom. The van der Waals surface area contributed by atoms with E-state index in [9.17, 15) is 4.21 Å². The van der Waals surface area contributed by atoms with Gasteiger partial charge in [-0.15, -0.1) is 0 Å². The molecule has 1 N–H and O–H groups in total. The van der Waals surface area contributed by atoms with Gasteiger partial charge in [0.15, 0.2) is 0 Å². The molecule has 2 rings (SSSR count). The number of benzene rings is 1. The summed E-state index contributed by atoms with van der Waals surface area (Å²) in [6.45, 7) is 5.66. The van der Waals surface area contributed by atoms with Gasteiger partial charge >= 0.3 is 0 Å². The lowest BCUT2D eigenvalue weighted by Gasteiger charge is -2.12. The second kappa shape index (κ2) is 7.52. The first-order chi connectivity index (χ1) is 10.1. The predicted octanol–water partition coefficient (Wildman–Crippen LogP) is 2.43. The van der Waals surface area contributed by atoms with Crippen LogP contribution in [0.3, 0.4) is 0 Å². The first-order valence-corrected chi connectivity index (χ1v) is 8.83. The first-order valence-electron chi connectivity index (χ1n) is 7.21. The van der Waals surface area contributed by atoms with E-state index in [4.69, 9.17) is 0 Å². The molecule has 0 aliphatic carbocycles. The molecule has 0 spiro atoms. The smallest absolute Gasteiger partial charge is 0.110 e. The third-order valence-electron chi connectivity index (χ3n) is 3.63. The van der Waals surface area contributed by atoms with Crippen molar-refractivity contribution in [2.45, 2.75) is 32.1 Å². The maximum absolute atomic E-state index is 11.3. The molecule has 2 aromatic rings. The number of rotatable bonds is 7. The van der Waals surface area contributed by atoms with E-state index in [1.54, 1.807) is 6.26 Å². The van der Waals surface area contributed by atoms with E-state index >= 15 is 0 Å². The quantitative estimate of drug-likeness (QED) is 0.799. The Bertz CT molecular complexity index is 595. The number of nitrogens with one attached hydrogen (secondary N) is 1. The first kappa shape index (κ1) is 15.9. The monoisotopic (exact) mass is 305 g/mol. The number of hydrogen-bond acceptors (Lipinski definition) is 3. The average molecular weight is 305 g/mol. The van der Waals surface area contributed by atoms with Gasteiger partial charge in [0.2, 0.25) is 0 Å². The minimum Gasteiger partial charge on any atom is -0.311 e. The topological polar surface area (TPSA) is 46.9 Å². The minimum atomic E-state index is -0.746. The molecule has 114 valence electrons. The van der Waals surface area contributed by atoms with E-state index in [1.165, 1.54) is 0 Å². The SMILES string of the molecule is Cc1ncc(CNCCC(C)S(C)=O)n1-c1ccccc1. The van der Waals surface area contributed by atoms with Crippen molar-refractivity contribution in [3.63, 3.8) is 0 Å². The van der Waals surface area contributed by atoms with Gasteiger partial charge < -0.3 is 5.32 Å². The lowest BCUT2D eigenvalue weighted by atomic mass is 10.3. The molecular weight excluding hydrogens is 282 g/mol. The average Bonchev–Trinajstić information content (AvgIpc) is 2.85. The van der Waals surface area contributed by atoms with E-state index in [-0.39, 0.29) is 5.25 Å². The second-order valence-corrected chi connectivity index (χ2v) is 7.04. The summed E-state index contributed by atoms with van der Waals surface area (Å²) in [5.41, 5.74) is 2.27. The van der Waals surface area contributed by atoms with Crippen LogP contribution in [-0.4, -0.2) is 31.8 Å². The largest absolute Gasteiger partial charge is 0.311 e. The van der Waals surface area contributed by atoms with Gasteiger partial charge in [0, 0.05) is 34.5 Å². The highest BCUT2D eigenvalue weighted by Crippen LogP contribution is 2.14. The third-order valence-corrected chi connectivity index (χ3v) is 4.99. The molecule has 1 heterocycles. The molecule has 0 bridgehead atoms. The van der Waals surface area contributed by atoms with Gasteiger partial charge in [-0.25, -0.2) is 4.98 Å². The molecule has 0 radical (unpaired) electrons. The van der Waals surface area contributed by atoms with Gasteiger partial charge in [0.25, 0.3) is 0 Å². The van der Waals surface area contributed by atoms with Gasteiger partial charge in [0.05, 0.1) is 11.9 Å². The van der Waals surface area contributed by atoms with Crippen molar-refractivity contribution in [2.24, 2.45) is 0 Å². The highest BCUT2D eigenvalue weighted by molar-refractivity contribution is 7.84. The molecule has 2 unspecified atom stereocenters. The lowest BCUT2D eigenvalue weighted by molar-refractivity contribution is 0.618. The summed E-state index contributed by atoms with van der Waals surface area (Å²) in [4.78, 5) is 4.41. The number of para-hydroxylation sites is 1. The molecule has 21 heavy (non-hydrogen) atoms. The summed E-state index contributed by atoms with van der Waals surface area (Å²) in [5, 5.41) is 3.65. The molecule has 5 heteroatoms. The Morgan fingerprint density at radius 1 is 1.33 bits per heavy atom. The summed E-state index contributed by atoms with van der Waals surface area (Å²) in [5.74, 6) is 0.987. The van der Waals surface area contributed by atoms with E-state index in [0.717, 1.165) is 36.7 Å². The molecule has 0 amide bonds. The standard InChI is InChI=1S/C16H23N3OS/c1-13(21(3)20)9-10-17-11-16-12-18-14(2)19(16)15-7-5-4-6-8-15/h4-8,12-13,17H,9-11H2,1-3H3. The van der Waals surface area contributed by atoms with E-state index in [0.29, 0.717) is 0 Å². The van der Waals surface area contributed by atoms with Gasteiger partial charge in [-0.05, 0) is 32.0 Å². The Kier molecular flexibility index (Phi) is 5.70. The van der Waals surface area contributed by atoms with Crippen molar-refractivity contribution in [1.29, 1.82) is 0 Å². The number of nitrogens with zero attached hydrogens (tertiary/aromatic N) is 2. The van der Waals surface area contributed by atoms with Gasteiger partial charge in [-0.3, -0.25) is 8.78 Å². The Balaban J connectivity index is 1.97. The molecule has 4 nitrogen and oxygen atoms in total. The highest BCUT2D eigenvalue weighted by Gasteiger charge is 2.09. The highest BCUT2D eigenvalue weighted by atomic mass is 32.2. The summed E-state index contributed by atoms with van der Waals surface area (Å²) in [6.07, 6.45) is 4.59. The van der Waals surface area contributed by atoms with Gasteiger partial charge in [-0.1, -0.05) is 25.1 Å². The summed E-state index contributed by atoms with van der Waals surface area (Å²) in [6, 6.07) is 10.2. The fourth-order valence-electron chi connectivity index (χ4n) is 2.23. The number of hydrogen-bond donors (Lipinski definition) is 1. The van der Waals surface area contributed by atoms with E-state index in [2.05, 4.69) is 27.0 Å². The zero-order valence-electron chi connectivity index (χ0n) is 12.9. The van der Waals surface area contributed by atoms with Crippen LogP contribution in [0.5, 0.6) is 0 Å².